The standard InChI is InChI=1S/C21H25BrN2O3.BrH/c1-27-21(26)19-15-10-17-20-14(13-4-2-3-5-16(13)24(20)22)8-9-23(17)11-12(15)6-7-18(19)25;/h2-5,12,15,17-19,25H,6-11H2,1H3;1H. The van der Waals surface area contributed by atoms with E-state index < -0.39 is 12.0 Å². The summed E-state index contributed by atoms with van der Waals surface area (Å²) in [5.74, 6) is -0.00198. The third kappa shape index (κ3) is 2.97. The van der Waals surface area contributed by atoms with Crippen LogP contribution in [0.25, 0.3) is 10.9 Å². The summed E-state index contributed by atoms with van der Waals surface area (Å²) in [6.07, 6.45) is 3.07. The van der Waals surface area contributed by atoms with Crippen molar-refractivity contribution in [3.8, 4) is 0 Å². The van der Waals surface area contributed by atoms with E-state index in [1.165, 1.54) is 29.3 Å². The normalized spacial score (nSPS) is 32.0. The number of fused-ring (bicyclic) bond motifs is 6. The fraction of sp³-hybridized carbons (Fsp3) is 0.571. The zero-order chi connectivity index (χ0) is 18.7. The molecule has 152 valence electrons. The monoisotopic (exact) mass is 512 g/mol. The van der Waals surface area contributed by atoms with Crippen LogP contribution in [0, 0.1) is 17.8 Å². The number of piperidine rings is 1. The molecule has 5 atom stereocenters. The first-order chi connectivity index (χ1) is 13.1. The van der Waals surface area contributed by atoms with Gasteiger partial charge in [-0.3, -0.25) is 13.3 Å². The Morgan fingerprint density at radius 2 is 2.07 bits per heavy atom. The molecular formula is C21H26Br2N2O3. The van der Waals surface area contributed by atoms with Gasteiger partial charge in [-0.2, -0.15) is 0 Å². The molecule has 5 nitrogen and oxygen atoms in total. The SMILES string of the molecule is Br.COC(=O)C1C(O)CCC2CN3CCc4c(n(Br)c5ccccc45)C3CC21. The highest BCUT2D eigenvalue weighted by Gasteiger charge is 2.49. The van der Waals surface area contributed by atoms with E-state index in [1.54, 1.807) is 0 Å². The quantitative estimate of drug-likeness (QED) is 0.588. The Kier molecular flexibility index (Phi) is 5.64. The van der Waals surface area contributed by atoms with E-state index in [2.05, 4.69) is 48.9 Å². The lowest BCUT2D eigenvalue weighted by Crippen LogP contribution is -2.53. The number of ether oxygens (including phenoxy) is 1. The van der Waals surface area contributed by atoms with Crippen molar-refractivity contribution < 1.29 is 14.6 Å². The molecule has 28 heavy (non-hydrogen) atoms. The lowest BCUT2D eigenvalue weighted by molar-refractivity contribution is -0.160. The lowest BCUT2D eigenvalue weighted by Gasteiger charge is -2.51. The van der Waals surface area contributed by atoms with E-state index in [0.29, 0.717) is 12.3 Å². The predicted molar refractivity (Wildman–Crippen MR) is 117 cm³/mol. The molecule has 2 fully saturated rings. The Hall–Kier alpha value is -0.890. The maximum absolute atomic E-state index is 12.4. The van der Waals surface area contributed by atoms with Crippen LogP contribution in [-0.2, 0) is 16.0 Å². The third-order valence-corrected chi connectivity index (χ3v) is 7.88. The summed E-state index contributed by atoms with van der Waals surface area (Å²) in [7, 11) is 1.43. The number of rotatable bonds is 1. The molecule has 0 amide bonds. The van der Waals surface area contributed by atoms with Crippen LogP contribution in [0.3, 0.4) is 0 Å². The molecule has 1 aromatic carbocycles. The molecular weight excluding hydrogens is 488 g/mol. The van der Waals surface area contributed by atoms with Crippen molar-refractivity contribution in [1.29, 1.82) is 0 Å². The topological polar surface area (TPSA) is 54.7 Å². The van der Waals surface area contributed by atoms with E-state index in [1.807, 2.05) is 0 Å². The van der Waals surface area contributed by atoms with E-state index in [9.17, 15) is 9.90 Å². The van der Waals surface area contributed by atoms with Gasteiger partial charge in [0.15, 0.2) is 0 Å². The molecule has 1 saturated heterocycles. The first-order valence-electron chi connectivity index (χ1n) is 9.88. The molecule has 5 rings (SSSR count). The van der Waals surface area contributed by atoms with Gasteiger partial charge in [0, 0.05) is 18.5 Å². The van der Waals surface area contributed by atoms with E-state index >= 15 is 0 Å². The Labute approximate surface area is 184 Å². The van der Waals surface area contributed by atoms with Gasteiger partial charge in [0.05, 0.1) is 52.5 Å². The van der Waals surface area contributed by atoms with E-state index in [-0.39, 0.29) is 34.9 Å². The van der Waals surface area contributed by atoms with E-state index in [4.69, 9.17) is 4.74 Å². The molecule has 5 unspecified atom stereocenters. The van der Waals surface area contributed by atoms with Crippen LogP contribution >= 0.6 is 33.1 Å². The number of aliphatic hydroxyl groups excluding tert-OH is 1. The van der Waals surface area contributed by atoms with Gasteiger partial charge >= 0.3 is 5.97 Å². The summed E-state index contributed by atoms with van der Waals surface area (Å²) in [5, 5.41) is 11.9. The lowest BCUT2D eigenvalue weighted by atomic mass is 9.65. The number of aromatic nitrogens is 1. The number of benzene rings is 1. The van der Waals surface area contributed by atoms with Crippen LogP contribution in [0.5, 0.6) is 0 Å². The fourth-order valence-electron chi connectivity index (χ4n) is 5.89. The number of para-hydroxylation sites is 1. The fourth-order valence-corrected chi connectivity index (χ4v) is 6.65. The molecule has 1 N–H and O–H groups in total. The molecule has 0 spiro atoms. The molecule has 7 heteroatoms. The second-order valence-corrected chi connectivity index (χ2v) is 8.99. The molecule has 1 aromatic heterocycles. The Balaban J connectivity index is 0.00000192. The third-order valence-electron chi connectivity index (χ3n) is 7.12. The van der Waals surface area contributed by atoms with Crippen LogP contribution in [-0.4, -0.2) is 45.9 Å². The number of hydrogen-bond acceptors (Lipinski definition) is 4. The second kappa shape index (κ2) is 7.74. The molecule has 1 saturated carbocycles. The molecule has 2 aliphatic heterocycles. The van der Waals surface area contributed by atoms with Gasteiger partial charge in [-0.15, -0.1) is 17.0 Å². The summed E-state index contributed by atoms with van der Waals surface area (Å²) in [4.78, 5) is 15.0. The van der Waals surface area contributed by atoms with Gasteiger partial charge in [-0.1, -0.05) is 18.2 Å². The average Bonchev–Trinajstić information content (AvgIpc) is 2.99. The summed E-state index contributed by atoms with van der Waals surface area (Å²) in [6.45, 7) is 2.07. The largest absolute Gasteiger partial charge is 0.469 e. The van der Waals surface area contributed by atoms with Crippen LogP contribution in [0.1, 0.15) is 36.6 Å². The smallest absolute Gasteiger partial charge is 0.311 e. The van der Waals surface area contributed by atoms with Gasteiger partial charge in [-0.25, -0.2) is 0 Å². The minimum atomic E-state index is -0.580. The van der Waals surface area contributed by atoms with Gasteiger partial charge in [0.2, 0.25) is 0 Å². The van der Waals surface area contributed by atoms with E-state index in [0.717, 1.165) is 32.4 Å². The highest BCUT2D eigenvalue weighted by atomic mass is 79.9. The highest BCUT2D eigenvalue weighted by molar-refractivity contribution is 9.08. The molecule has 0 bridgehead atoms. The number of methoxy groups -OCH3 is 1. The summed E-state index contributed by atoms with van der Waals surface area (Å²) in [5.41, 5.74) is 3.96. The summed E-state index contributed by atoms with van der Waals surface area (Å²) >= 11 is 3.81. The predicted octanol–water partition coefficient (Wildman–Crippen LogP) is 3.86. The van der Waals surface area contributed by atoms with Crippen LogP contribution < -0.4 is 0 Å². The van der Waals surface area contributed by atoms with Crippen molar-refractivity contribution in [1.82, 2.24) is 8.49 Å². The van der Waals surface area contributed by atoms with Crippen molar-refractivity contribution >= 4 is 50.0 Å². The molecule has 2 aromatic rings. The number of hydrogen-bond donors (Lipinski definition) is 1. The van der Waals surface area contributed by atoms with Crippen molar-refractivity contribution in [2.45, 2.75) is 37.8 Å². The Morgan fingerprint density at radius 1 is 1.29 bits per heavy atom. The summed E-state index contributed by atoms with van der Waals surface area (Å²) in [6, 6.07) is 8.81. The average molecular weight is 514 g/mol. The minimum absolute atomic E-state index is 0. The second-order valence-electron chi connectivity index (χ2n) is 8.28. The van der Waals surface area contributed by atoms with Gasteiger partial charge < -0.3 is 9.84 Å². The molecule has 1 aliphatic carbocycles. The number of esters is 1. The molecule has 3 aliphatic rings. The maximum atomic E-state index is 12.4. The highest BCUT2D eigenvalue weighted by Crippen LogP contribution is 2.50. The number of carbonyl (C=O) groups is 1. The van der Waals surface area contributed by atoms with Crippen LogP contribution in [0.15, 0.2) is 24.3 Å². The Morgan fingerprint density at radius 3 is 2.86 bits per heavy atom. The van der Waals surface area contributed by atoms with Gasteiger partial charge in [-0.05, 0) is 49.1 Å². The zero-order valence-corrected chi connectivity index (χ0v) is 19.2. The van der Waals surface area contributed by atoms with Crippen LogP contribution in [0.2, 0.25) is 0 Å². The first-order valence-corrected chi connectivity index (χ1v) is 10.6. The molecule has 0 radical (unpaired) electrons. The van der Waals surface area contributed by atoms with Crippen LogP contribution in [0.4, 0.5) is 0 Å². The van der Waals surface area contributed by atoms with Crippen molar-refractivity contribution in [2.75, 3.05) is 20.2 Å². The maximum Gasteiger partial charge on any atom is 0.311 e. The zero-order valence-electron chi connectivity index (χ0n) is 15.9. The van der Waals surface area contributed by atoms with Crippen molar-refractivity contribution in [2.24, 2.45) is 17.8 Å². The van der Waals surface area contributed by atoms with Gasteiger partial charge in [0.25, 0.3) is 0 Å². The van der Waals surface area contributed by atoms with Crippen molar-refractivity contribution in [3.05, 3.63) is 35.5 Å². The van der Waals surface area contributed by atoms with Crippen molar-refractivity contribution in [3.63, 3.8) is 0 Å². The molecule has 3 heterocycles. The summed E-state index contributed by atoms with van der Waals surface area (Å²) < 4.78 is 7.23. The Bertz CT molecular complexity index is 899. The van der Waals surface area contributed by atoms with Gasteiger partial charge in [0.1, 0.15) is 0 Å². The first kappa shape index (κ1) is 20.4. The minimum Gasteiger partial charge on any atom is -0.469 e. The number of aliphatic hydroxyl groups is 1. The number of carbonyl (C=O) groups excluding carboxylic acids is 1. The number of nitrogens with zero attached hydrogens (tertiary/aromatic N) is 2. The number of halogens is 2.